The summed E-state index contributed by atoms with van der Waals surface area (Å²) >= 11 is 7.56. The maximum atomic E-state index is 11.8. The number of aromatic nitrogens is 1. The molecule has 0 saturated heterocycles. The maximum absolute atomic E-state index is 11.8. The van der Waals surface area contributed by atoms with Gasteiger partial charge in [-0.3, -0.25) is 4.79 Å². The van der Waals surface area contributed by atoms with E-state index in [-0.39, 0.29) is 12.3 Å². The summed E-state index contributed by atoms with van der Waals surface area (Å²) < 4.78 is 0. The number of carbonyl (C=O) groups is 1. The van der Waals surface area contributed by atoms with E-state index in [4.69, 9.17) is 11.6 Å². The van der Waals surface area contributed by atoms with Crippen molar-refractivity contribution < 1.29 is 4.79 Å². The summed E-state index contributed by atoms with van der Waals surface area (Å²) in [5.74, 6) is -0.104. The molecule has 1 aromatic carbocycles. The van der Waals surface area contributed by atoms with Gasteiger partial charge in [0.2, 0.25) is 5.91 Å². The molecule has 0 fully saturated rings. The van der Waals surface area contributed by atoms with Crippen molar-refractivity contribution in [2.45, 2.75) is 20.3 Å². The number of halogens is 1. The minimum Gasteiger partial charge on any atom is -0.324 e. The fourth-order valence-electron chi connectivity index (χ4n) is 1.58. The zero-order chi connectivity index (χ0) is 13.1. The van der Waals surface area contributed by atoms with Crippen LogP contribution in [0.3, 0.4) is 0 Å². The molecule has 2 aromatic rings. The molecule has 0 unspecified atom stereocenters. The van der Waals surface area contributed by atoms with Crippen LogP contribution >= 0.6 is 22.9 Å². The van der Waals surface area contributed by atoms with Gasteiger partial charge < -0.3 is 5.32 Å². The number of hydrogen-bond acceptors (Lipinski definition) is 3. The first-order valence-corrected chi connectivity index (χ1v) is 6.77. The lowest BCUT2D eigenvalue weighted by atomic mass is 10.2. The first-order valence-electron chi connectivity index (χ1n) is 5.51. The van der Waals surface area contributed by atoms with Gasteiger partial charge in [-0.15, -0.1) is 11.3 Å². The predicted molar refractivity (Wildman–Crippen MR) is 75.4 cm³/mol. The average Bonchev–Trinajstić information content (AvgIpc) is 2.69. The second-order valence-corrected chi connectivity index (χ2v) is 5.54. The third kappa shape index (κ3) is 3.31. The second-order valence-electron chi connectivity index (χ2n) is 4.07. The van der Waals surface area contributed by atoms with Crippen LogP contribution in [0.5, 0.6) is 0 Å². The first-order chi connectivity index (χ1) is 8.54. The van der Waals surface area contributed by atoms with Crippen LogP contribution in [0.1, 0.15) is 16.3 Å². The fraction of sp³-hybridized carbons (Fsp3) is 0.231. The molecule has 1 amide bonds. The molecule has 0 saturated carbocycles. The van der Waals surface area contributed by atoms with Gasteiger partial charge in [-0.2, -0.15) is 0 Å². The Bertz CT molecular complexity index is 580. The maximum Gasteiger partial charge on any atom is 0.230 e. The molecular formula is C13H13ClN2OS. The number of carbonyl (C=O) groups excluding carboxylic acids is 1. The Morgan fingerprint density at radius 3 is 2.89 bits per heavy atom. The highest BCUT2D eigenvalue weighted by Gasteiger charge is 2.09. The van der Waals surface area contributed by atoms with E-state index in [1.54, 1.807) is 17.4 Å². The quantitative estimate of drug-likeness (QED) is 0.933. The number of rotatable bonds is 3. The van der Waals surface area contributed by atoms with Crippen LogP contribution in [-0.2, 0) is 11.2 Å². The number of nitrogens with one attached hydrogen (secondary N) is 1. The summed E-state index contributed by atoms with van der Waals surface area (Å²) in [5.41, 5.74) is 2.49. The minimum absolute atomic E-state index is 0.104. The predicted octanol–water partition coefficient (Wildman–Crippen LogP) is 3.59. The van der Waals surface area contributed by atoms with E-state index in [2.05, 4.69) is 10.3 Å². The summed E-state index contributed by atoms with van der Waals surface area (Å²) in [6.07, 6.45) is 0.272. The molecule has 0 spiro atoms. The van der Waals surface area contributed by atoms with Crippen LogP contribution in [0.4, 0.5) is 5.69 Å². The molecular weight excluding hydrogens is 268 g/mol. The third-order valence-electron chi connectivity index (χ3n) is 2.40. The molecule has 0 atom stereocenters. The Kier molecular flexibility index (Phi) is 3.99. The molecule has 0 aliphatic heterocycles. The molecule has 5 heteroatoms. The van der Waals surface area contributed by atoms with Crippen LogP contribution in [0.25, 0.3) is 0 Å². The zero-order valence-corrected chi connectivity index (χ0v) is 11.7. The molecule has 18 heavy (non-hydrogen) atoms. The molecule has 0 aliphatic carbocycles. The van der Waals surface area contributed by atoms with Gasteiger partial charge in [0.25, 0.3) is 0 Å². The van der Waals surface area contributed by atoms with Crippen molar-refractivity contribution in [3.05, 3.63) is 44.9 Å². The number of thiazole rings is 1. The number of aryl methyl sites for hydroxylation is 2. The lowest BCUT2D eigenvalue weighted by Crippen LogP contribution is -2.15. The Balaban J connectivity index is 2.05. The molecule has 1 heterocycles. The average molecular weight is 281 g/mol. The Hall–Kier alpha value is -1.39. The lowest BCUT2D eigenvalue weighted by molar-refractivity contribution is -0.115. The van der Waals surface area contributed by atoms with Crippen LogP contribution in [0.2, 0.25) is 5.02 Å². The van der Waals surface area contributed by atoms with Crippen LogP contribution in [0.15, 0.2) is 23.6 Å². The Morgan fingerprint density at radius 1 is 1.44 bits per heavy atom. The van der Waals surface area contributed by atoms with Crippen molar-refractivity contribution in [3.8, 4) is 0 Å². The topological polar surface area (TPSA) is 42.0 Å². The zero-order valence-electron chi connectivity index (χ0n) is 10.2. The molecule has 0 bridgehead atoms. The van der Waals surface area contributed by atoms with E-state index < -0.39 is 0 Å². The number of hydrogen-bond donors (Lipinski definition) is 1. The summed E-state index contributed by atoms with van der Waals surface area (Å²) in [5, 5.41) is 6.21. The largest absolute Gasteiger partial charge is 0.324 e. The van der Waals surface area contributed by atoms with Crippen molar-refractivity contribution in [1.29, 1.82) is 0 Å². The van der Waals surface area contributed by atoms with Gasteiger partial charge in [0.1, 0.15) is 0 Å². The van der Waals surface area contributed by atoms with Gasteiger partial charge in [0.05, 0.1) is 27.8 Å². The standard InChI is InChI=1S/C13H13ClN2OS/c1-8-3-4-11(14)12(5-8)16-13(17)6-10-7-18-9(2)15-10/h3-5,7H,6H2,1-2H3,(H,16,17). The van der Waals surface area contributed by atoms with E-state index >= 15 is 0 Å². The van der Waals surface area contributed by atoms with Gasteiger partial charge in [-0.1, -0.05) is 17.7 Å². The number of nitrogens with zero attached hydrogens (tertiary/aromatic N) is 1. The molecule has 3 nitrogen and oxygen atoms in total. The Morgan fingerprint density at radius 2 is 2.22 bits per heavy atom. The number of benzene rings is 1. The lowest BCUT2D eigenvalue weighted by Gasteiger charge is -2.07. The fourth-order valence-corrected chi connectivity index (χ4v) is 2.36. The summed E-state index contributed by atoms with van der Waals surface area (Å²) in [6.45, 7) is 3.87. The van der Waals surface area contributed by atoms with Crippen molar-refractivity contribution >= 4 is 34.5 Å². The molecule has 94 valence electrons. The molecule has 0 aliphatic rings. The highest BCUT2D eigenvalue weighted by atomic mass is 35.5. The molecule has 2 rings (SSSR count). The van der Waals surface area contributed by atoms with E-state index in [1.165, 1.54) is 0 Å². The number of anilines is 1. The Labute approximate surface area is 115 Å². The highest BCUT2D eigenvalue weighted by Crippen LogP contribution is 2.22. The summed E-state index contributed by atoms with van der Waals surface area (Å²) in [6, 6.07) is 5.54. The van der Waals surface area contributed by atoms with Crippen LogP contribution in [-0.4, -0.2) is 10.9 Å². The van der Waals surface area contributed by atoms with E-state index in [1.807, 2.05) is 31.4 Å². The smallest absolute Gasteiger partial charge is 0.230 e. The normalized spacial score (nSPS) is 10.4. The molecule has 0 radical (unpaired) electrons. The van der Waals surface area contributed by atoms with Gasteiger partial charge in [0, 0.05) is 5.38 Å². The van der Waals surface area contributed by atoms with Gasteiger partial charge in [0.15, 0.2) is 0 Å². The first kappa shape index (κ1) is 13.1. The molecule has 1 aromatic heterocycles. The SMILES string of the molecule is Cc1ccc(Cl)c(NC(=O)Cc2csc(C)n2)c1. The van der Waals surface area contributed by atoms with Gasteiger partial charge in [-0.25, -0.2) is 4.98 Å². The van der Waals surface area contributed by atoms with Crippen LogP contribution in [0, 0.1) is 13.8 Å². The van der Waals surface area contributed by atoms with Gasteiger partial charge in [-0.05, 0) is 31.5 Å². The van der Waals surface area contributed by atoms with E-state index in [0.717, 1.165) is 16.3 Å². The summed E-state index contributed by atoms with van der Waals surface area (Å²) in [7, 11) is 0. The third-order valence-corrected chi connectivity index (χ3v) is 3.56. The van der Waals surface area contributed by atoms with Crippen molar-refractivity contribution in [1.82, 2.24) is 4.98 Å². The monoisotopic (exact) mass is 280 g/mol. The minimum atomic E-state index is -0.104. The highest BCUT2D eigenvalue weighted by molar-refractivity contribution is 7.09. The molecule has 1 N–H and O–H groups in total. The van der Waals surface area contributed by atoms with Gasteiger partial charge >= 0.3 is 0 Å². The second kappa shape index (κ2) is 5.50. The number of amides is 1. The van der Waals surface area contributed by atoms with E-state index in [9.17, 15) is 4.79 Å². The van der Waals surface area contributed by atoms with E-state index in [0.29, 0.717) is 10.7 Å². The van der Waals surface area contributed by atoms with Crippen molar-refractivity contribution in [2.24, 2.45) is 0 Å². The van der Waals surface area contributed by atoms with Crippen molar-refractivity contribution in [3.63, 3.8) is 0 Å². The van der Waals surface area contributed by atoms with Crippen molar-refractivity contribution in [2.75, 3.05) is 5.32 Å². The summed E-state index contributed by atoms with van der Waals surface area (Å²) in [4.78, 5) is 16.1. The van der Waals surface area contributed by atoms with Crippen LogP contribution < -0.4 is 5.32 Å².